The van der Waals surface area contributed by atoms with Crippen LogP contribution in [-0.4, -0.2) is 14.7 Å². The van der Waals surface area contributed by atoms with Gasteiger partial charge in [-0.15, -0.1) is 0 Å². The monoisotopic (exact) mass is 233 g/mol. The van der Waals surface area contributed by atoms with Gasteiger partial charge in [0.15, 0.2) is 11.5 Å². The van der Waals surface area contributed by atoms with Crippen molar-refractivity contribution in [1.29, 1.82) is 0 Å². The van der Waals surface area contributed by atoms with E-state index in [9.17, 15) is 13.2 Å². The molecule has 0 saturated heterocycles. The number of allylic oxidation sites excluding steroid dienone is 1. The average molecular weight is 233 g/mol. The smallest absolute Gasteiger partial charge is 0.394 e. The minimum atomic E-state index is -3.34. The molecule has 0 aliphatic carbocycles. The molecular weight excluding hydrogens is 222 g/mol. The Hall–Kier alpha value is -1.34. The van der Waals surface area contributed by atoms with Gasteiger partial charge in [-0.25, -0.2) is 17.9 Å². The lowest BCUT2D eigenvalue weighted by atomic mass is 10.2. The van der Waals surface area contributed by atoms with Crippen molar-refractivity contribution in [2.75, 3.05) is 6.26 Å². The van der Waals surface area contributed by atoms with Crippen LogP contribution in [0.5, 0.6) is 0 Å². The summed E-state index contributed by atoms with van der Waals surface area (Å²) in [4.78, 5) is 10.8. The maximum Gasteiger partial charge on any atom is 0.519 e. The van der Waals surface area contributed by atoms with Gasteiger partial charge in [-0.2, -0.15) is 0 Å². The van der Waals surface area contributed by atoms with Gasteiger partial charge >= 0.3 is 5.82 Å². The lowest BCUT2D eigenvalue weighted by molar-refractivity contribution is 0.370. The highest BCUT2D eigenvalue weighted by Crippen LogP contribution is 2.15. The molecule has 0 amide bonds. The van der Waals surface area contributed by atoms with E-state index in [4.69, 9.17) is 0 Å². The Morgan fingerprint density at radius 2 is 2.07 bits per heavy atom. The van der Waals surface area contributed by atoms with Gasteiger partial charge in [0, 0.05) is 0 Å². The zero-order chi connectivity index (χ0) is 11.6. The summed E-state index contributed by atoms with van der Waals surface area (Å²) in [7, 11) is -3.34. The molecule has 15 heavy (non-hydrogen) atoms. The van der Waals surface area contributed by atoms with Crippen molar-refractivity contribution in [3.05, 3.63) is 28.7 Å². The first kappa shape index (κ1) is 11.7. The van der Waals surface area contributed by atoms with E-state index in [1.54, 1.807) is 6.92 Å². The van der Waals surface area contributed by atoms with E-state index in [2.05, 4.69) is 20.1 Å². The third-order valence-corrected chi connectivity index (χ3v) is 2.20. The maximum atomic E-state index is 10.8. The van der Waals surface area contributed by atoms with E-state index >= 15 is 0 Å². The summed E-state index contributed by atoms with van der Waals surface area (Å²) in [6, 6.07) is 0. The molecular formula is C8H11NO5S. The van der Waals surface area contributed by atoms with Gasteiger partial charge < -0.3 is 8.83 Å². The average Bonchev–Trinajstić information content (AvgIpc) is 2.42. The SMILES string of the molecule is C=C(C)c1oc(=O)oc1CNS(C)(=O)=O. The van der Waals surface area contributed by atoms with Crippen LogP contribution >= 0.6 is 0 Å². The normalized spacial score (nSPS) is 11.6. The van der Waals surface area contributed by atoms with Crippen LogP contribution in [0.2, 0.25) is 0 Å². The molecule has 0 radical (unpaired) electrons. The summed E-state index contributed by atoms with van der Waals surface area (Å²) in [6.07, 6.45) is 1.01. The molecule has 6 nitrogen and oxygen atoms in total. The molecule has 0 unspecified atom stereocenters. The molecule has 1 heterocycles. The Labute approximate surface area is 86.6 Å². The Balaban J connectivity index is 2.95. The quantitative estimate of drug-likeness (QED) is 0.808. The third kappa shape index (κ3) is 3.37. The topological polar surface area (TPSA) is 89.5 Å². The van der Waals surface area contributed by atoms with Crippen molar-refractivity contribution < 1.29 is 17.3 Å². The molecule has 1 rings (SSSR count). The molecule has 0 fully saturated rings. The largest absolute Gasteiger partial charge is 0.519 e. The summed E-state index contributed by atoms with van der Waals surface area (Å²) in [5.74, 6) is -0.577. The summed E-state index contributed by atoms with van der Waals surface area (Å²) >= 11 is 0. The van der Waals surface area contributed by atoms with Crippen LogP contribution in [0, 0.1) is 0 Å². The van der Waals surface area contributed by atoms with Crippen LogP contribution in [0.15, 0.2) is 20.2 Å². The zero-order valence-electron chi connectivity index (χ0n) is 8.36. The fourth-order valence-corrected chi connectivity index (χ4v) is 1.34. The Kier molecular flexibility index (Phi) is 3.15. The molecule has 0 saturated carbocycles. The van der Waals surface area contributed by atoms with Gasteiger partial charge in [0.05, 0.1) is 12.8 Å². The Morgan fingerprint density at radius 1 is 1.47 bits per heavy atom. The minimum Gasteiger partial charge on any atom is -0.394 e. The first-order chi connectivity index (χ1) is 6.79. The predicted molar refractivity (Wildman–Crippen MR) is 53.6 cm³/mol. The van der Waals surface area contributed by atoms with E-state index < -0.39 is 15.8 Å². The summed E-state index contributed by atoms with van der Waals surface area (Å²) in [5.41, 5.74) is 0.492. The molecule has 1 N–H and O–H groups in total. The van der Waals surface area contributed by atoms with Crippen molar-refractivity contribution >= 4 is 15.6 Å². The van der Waals surface area contributed by atoms with Gasteiger partial charge in [0.1, 0.15) is 0 Å². The number of sulfonamides is 1. The van der Waals surface area contributed by atoms with E-state index in [0.717, 1.165) is 6.26 Å². The van der Waals surface area contributed by atoms with E-state index in [0.29, 0.717) is 5.57 Å². The Morgan fingerprint density at radius 3 is 2.53 bits per heavy atom. The molecule has 1 aromatic rings. The van der Waals surface area contributed by atoms with Crippen LogP contribution < -0.4 is 10.5 Å². The van der Waals surface area contributed by atoms with Gasteiger partial charge in [-0.05, 0) is 12.5 Å². The molecule has 7 heteroatoms. The second kappa shape index (κ2) is 4.03. The van der Waals surface area contributed by atoms with Gasteiger partial charge in [-0.3, -0.25) is 0 Å². The summed E-state index contributed by atoms with van der Waals surface area (Å²) in [5, 5.41) is 0. The number of hydrogen-bond donors (Lipinski definition) is 1. The summed E-state index contributed by atoms with van der Waals surface area (Å²) in [6.45, 7) is 5.06. The van der Waals surface area contributed by atoms with Gasteiger partial charge in [-0.1, -0.05) is 6.58 Å². The molecule has 0 bridgehead atoms. The first-order valence-corrected chi connectivity index (χ1v) is 5.92. The summed E-state index contributed by atoms with van der Waals surface area (Å²) < 4.78 is 33.1. The molecule has 1 aromatic heterocycles. The van der Waals surface area contributed by atoms with Crippen molar-refractivity contribution in [2.45, 2.75) is 13.5 Å². The van der Waals surface area contributed by atoms with E-state index in [1.165, 1.54) is 0 Å². The number of rotatable bonds is 4. The zero-order valence-corrected chi connectivity index (χ0v) is 9.18. The molecule has 0 spiro atoms. The highest BCUT2D eigenvalue weighted by molar-refractivity contribution is 7.88. The van der Waals surface area contributed by atoms with E-state index in [-0.39, 0.29) is 18.1 Å². The molecule has 84 valence electrons. The van der Waals surface area contributed by atoms with Crippen molar-refractivity contribution in [3.8, 4) is 0 Å². The molecule has 0 atom stereocenters. The molecule has 0 aliphatic heterocycles. The predicted octanol–water partition coefficient (Wildman–Crippen LogP) is 0.315. The second-order valence-electron chi connectivity index (χ2n) is 3.08. The first-order valence-electron chi connectivity index (χ1n) is 4.03. The fourth-order valence-electron chi connectivity index (χ4n) is 0.946. The number of hydrogen-bond acceptors (Lipinski definition) is 5. The van der Waals surface area contributed by atoms with Crippen LogP contribution in [-0.2, 0) is 16.6 Å². The van der Waals surface area contributed by atoms with Gasteiger partial charge in [0.25, 0.3) is 0 Å². The third-order valence-electron chi connectivity index (χ3n) is 1.53. The highest BCUT2D eigenvalue weighted by Gasteiger charge is 2.14. The van der Waals surface area contributed by atoms with Crippen LogP contribution in [0.1, 0.15) is 18.4 Å². The Bertz CT molecular complexity index is 521. The lowest BCUT2D eigenvalue weighted by Gasteiger charge is -1.99. The maximum absolute atomic E-state index is 10.8. The van der Waals surface area contributed by atoms with E-state index in [1.807, 2.05) is 0 Å². The van der Waals surface area contributed by atoms with Gasteiger partial charge in [0.2, 0.25) is 10.0 Å². The van der Waals surface area contributed by atoms with Crippen molar-refractivity contribution in [1.82, 2.24) is 4.72 Å². The lowest BCUT2D eigenvalue weighted by Crippen LogP contribution is -2.21. The minimum absolute atomic E-state index is 0.123. The molecule has 0 aromatic carbocycles. The van der Waals surface area contributed by atoms with Crippen LogP contribution in [0.3, 0.4) is 0 Å². The van der Waals surface area contributed by atoms with Crippen LogP contribution in [0.4, 0.5) is 0 Å². The molecule has 0 aliphatic rings. The standard InChI is InChI=1S/C8H11NO5S/c1-5(2)7-6(13-8(10)14-7)4-9-15(3,11)12/h9H,1,4H2,2-3H3. The van der Waals surface area contributed by atoms with Crippen molar-refractivity contribution in [3.63, 3.8) is 0 Å². The second-order valence-corrected chi connectivity index (χ2v) is 4.91. The highest BCUT2D eigenvalue weighted by atomic mass is 32.2. The van der Waals surface area contributed by atoms with Crippen molar-refractivity contribution in [2.24, 2.45) is 0 Å². The fraction of sp³-hybridized carbons (Fsp3) is 0.375. The van der Waals surface area contributed by atoms with Crippen LogP contribution in [0.25, 0.3) is 5.57 Å². The number of nitrogens with one attached hydrogen (secondary N) is 1.